The van der Waals surface area contributed by atoms with Crippen molar-refractivity contribution >= 4 is 11.6 Å². The van der Waals surface area contributed by atoms with Gasteiger partial charge in [0, 0.05) is 31.2 Å². The average Bonchev–Trinajstić information content (AvgIpc) is 2.70. The summed E-state index contributed by atoms with van der Waals surface area (Å²) >= 11 is 0. The number of benzene rings is 2. The first-order valence-electron chi connectivity index (χ1n) is 9.60. The maximum Gasteiger partial charge on any atom is 0.227 e. The normalized spacial score (nSPS) is 19.1. The summed E-state index contributed by atoms with van der Waals surface area (Å²) in [5, 5.41) is 2.32. The molecule has 2 unspecified atom stereocenters. The summed E-state index contributed by atoms with van der Waals surface area (Å²) in [6.45, 7) is 5.92. The molecule has 1 N–H and O–H groups in total. The van der Waals surface area contributed by atoms with E-state index in [1.165, 1.54) is 5.56 Å². The second-order valence-corrected chi connectivity index (χ2v) is 6.99. The van der Waals surface area contributed by atoms with Crippen LogP contribution < -0.4 is 10.3 Å². The number of carbonyl (C=O) groups excluding carboxylic acids is 1. The van der Waals surface area contributed by atoms with Crippen molar-refractivity contribution in [3.05, 3.63) is 66.2 Å². The summed E-state index contributed by atoms with van der Waals surface area (Å²) < 4.78 is 0. The lowest BCUT2D eigenvalue weighted by molar-refractivity contribution is -0.119. The molecule has 1 amide bonds. The molecule has 2 aromatic rings. The molecular formula is C22H29N3O. The molecule has 2 aromatic carbocycles. The maximum absolute atomic E-state index is 12.6. The molecule has 0 spiro atoms. The number of rotatable bonds is 6. The maximum atomic E-state index is 12.6. The zero-order chi connectivity index (χ0) is 18.4. The van der Waals surface area contributed by atoms with E-state index in [9.17, 15) is 4.79 Å². The van der Waals surface area contributed by atoms with Crippen LogP contribution in [0.4, 0.5) is 5.69 Å². The van der Waals surface area contributed by atoms with Crippen LogP contribution in [0.1, 0.15) is 32.3 Å². The van der Waals surface area contributed by atoms with Crippen LogP contribution in [0.2, 0.25) is 0 Å². The van der Waals surface area contributed by atoms with Gasteiger partial charge in [0.05, 0.1) is 6.04 Å². The van der Waals surface area contributed by atoms with E-state index in [4.69, 9.17) is 0 Å². The molecule has 4 heteroatoms. The summed E-state index contributed by atoms with van der Waals surface area (Å²) in [5.74, 6) is 0.189. The van der Waals surface area contributed by atoms with Gasteiger partial charge in [-0.3, -0.25) is 10.2 Å². The lowest BCUT2D eigenvalue weighted by atomic mass is 10.0. The largest absolute Gasteiger partial charge is 0.308 e. The highest BCUT2D eigenvalue weighted by Crippen LogP contribution is 2.22. The standard InChI is InChI=1S/C22H29N3O/c1-3-22(26)25(20-12-8-5-9-13-20)21-14-15-24(23-17-21)18(2)16-19-10-6-4-7-11-19/h4-13,18,21,23H,3,14-17H2,1-2H3. The number of hydrogen-bond acceptors (Lipinski definition) is 3. The average molecular weight is 351 g/mol. The van der Waals surface area contributed by atoms with Crippen LogP contribution in [0.15, 0.2) is 60.7 Å². The molecule has 0 saturated carbocycles. The van der Waals surface area contributed by atoms with Gasteiger partial charge >= 0.3 is 0 Å². The summed E-state index contributed by atoms with van der Waals surface area (Å²) in [7, 11) is 0. The first-order valence-corrected chi connectivity index (χ1v) is 9.60. The number of nitrogens with zero attached hydrogens (tertiary/aromatic N) is 2. The van der Waals surface area contributed by atoms with Crippen LogP contribution in [0.5, 0.6) is 0 Å². The van der Waals surface area contributed by atoms with Crippen LogP contribution in [-0.4, -0.2) is 36.1 Å². The van der Waals surface area contributed by atoms with E-state index in [1.54, 1.807) is 0 Å². The van der Waals surface area contributed by atoms with Gasteiger partial charge in [0.1, 0.15) is 0 Å². The van der Waals surface area contributed by atoms with Gasteiger partial charge in [-0.15, -0.1) is 0 Å². The second-order valence-electron chi connectivity index (χ2n) is 6.99. The summed E-state index contributed by atoms with van der Waals surface area (Å²) in [6.07, 6.45) is 2.53. The Bertz CT molecular complexity index is 681. The van der Waals surface area contributed by atoms with Crippen LogP contribution in [0, 0.1) is 0 Å². The Morgan fingerprint density at radius 2 is 1.81 bits per heavy atom. The zero-order valence-electron chi connectivity index (χ0n) is 15.8. The Balaban J connectivity index is 1.62. The molecule has 0 aromatic heterocycles. The first-order chi connectivity index (χ1) is 12.7. The highest BCUT2D eigenvalue weighted by molar-refractivity contribution is 5.93. The molecule has 1 fully saturated rings. The molecule has 138 valence electrons. The van der Waals surface area contributed by atoms with Crippen molar-refractivity contribution < 1.29 is 4.79 Å². The summed E-state index contributed by atoms with van der Waals surface area (Å²) in [4.78, 5) is 14.5. The molecular weight excluding hydrogens is 322 g/mol. The van der Waals surface area contributed by atoms with Gasteiger partial charge in [-0.25, -0.2) is 5.01 Å². The number of anilines is 1. The predicted octanol–water partition coefficient (Wildman–Crippen LogP) is 3.64. The van der Waals surface area contributed by atoms with E-state index >= 15 is 0 Å². The Kier molecular flexibility index (Phi) is 6.42. The fraction of sp³-hybridized carbons (Fsp3) is 0.409. The van der Waals surface area contributed by atoms with Crippen molar-refractivity contribution in [1.29, 1.82) is 0 Å². The third-order valence-electron chi connectivity index (χ3n) is 5.11. The van der Waals surface area contributed by atoms with Gasteiger partial charge in [0.15, 0.2) is 0 Å². The van der Waals surface area contributed by atoms with Crippen molar-refractivity contribution in [2.24, 2.45) is 0 Å². The van der Waals surface area contributed by atoms with Crippen LogP contribution in [0.3, 0.4) is 0 Å². The number of hydrogen-bond donors (Lipinski definition) is 1. The number of para-hydroxylation sites is 1. The van der Waals surface area contributed by atoms with E-state index in [0.717, 1.165) is 31.6 Å². The van der Waals surface area contributed by atoms with Crippen molar-refractivity contribution in [2.45, 2.75) is 45.2 Å². The molecule has 2 atom stereocenters. The third-order valence-corrected chi connectivity index (χ3v) is 5.11. The van der Waals surface area contributed by atoms with E-state index in [0.29, 0.717) is 12.5 Å². The van der Waals surface area contributed by atoms with Crippen molar-refractivity contribution in [3.63, 3.8) is 0 Å². The van der Waals surface area contributed by atoms with E-state index in [-0.39, 0.29) is 11.9 Å². The van der Waals surface area contributed by atoms with Crippen molar-refractivity contribution in [2.75, 3.05) is 18.0 Å². The topological polar surface area (TPSA) is 35.6 Å². The highest BCUT2D eigenvalue weighted by atomic mass is 16.2. The fourth-order valence-electron chi connectivity index (χ4n) is 3.67. The van der Waals surface area contributed by atoms with Crippen molar-refractivity contribution in [1.82, 2.24) is 10.4 Å². The minimum atomic E-state index is 0.189. The van der Waals surface area contributed by atoms with Crippen LogP contribution in [0.25, 0.3) is 0 Å². The third kappa shape index (κ3) is 4.51. The molecule has 1 aliphatic heterocycles. The second kappa shape index (κ2) is 8.97. The molecule has 1 saturated heterocycles. The minimum absolute atomic E-state index is 0.189. The van der Waals surface area contributed by atoms with Gasteiger partial charge < -0.3 is 4.90 Å². The van der Waals surface area contributed by atoms with Gasteiger partial charge in [-0.05, 0) is 37.5 Å². The highest BCUT2D eigenvalue weighted by Gasteiger charge is 2.29. The van der Waals surface area contributed by atoms with Gasteiger partial charge in [-0.1, -0.05) is 55.5 Å². The van der Waals surface area contributed by atoms with Crippen molar-refractivity contribution in [3.8, 4) is 0 Å². The Morgan fingerprint density at radius 1 is 1.15 bits per heavy atom. The number of nitrogens with one attached hydrogen (secondary N) is 1. The first kappa shape index (κ1) is 18.6. The number of carbonyl (C=O) groups is 1. The van der Waals surface area contributed by atoms with Gasteiger partial charge in [-0.2, -0.15) is 0 Å². The monoisotopic (exact) mass is 351 g/mol. The van der Waals surface area contributed by atoms with Gasteiger partial charge in [0.2, 0.25) is 5.91 Å². The Hall–Kier alpha value is -2.17. The Morgan fingerprint density at radius 3 is 2.38 bits per heavy atom. The van der Waals surface area contributed by atoms with E-state index < -0.39 is 0 Å². The minimum Gasteiger partial charge on any atom is -0.308 e. The van der Waals surface area contributed by atoms with Crippen LogP contribution in [-0.2, 0) is 11.2 Å². The van der Waals surface area contributed by atoms with Gasteiger partial charge in [0.25, 0.3) is 0 Å². The summed E-state index contributed by atoms with van der Waals surface area (Å²) in [6, 6.07) is 21.3. The number of amides is 1. The molecule has 4 nitrogen and oxygen atoms in total. The fourth-order valence-corrected chi connectivity index (χ4v) is 3.67. The predicted molar refractivity (Wildman–Crippen MR) is 107 cm³/mol. The molecule has 26 heavy (non-hydrogen) atoms. The lowest BCUT2D eigenvalue weighted by Crippen LogP contribution is -2.58. The summed E-state index contributed by atoms with van der Waals surface area (Å²) in [5.41, 5.74) is 5.91. The molecule has 0 radical (unpaired) electrons. The molecule has 1 aliphatic rings. The number of hydrazine groups is 1. The molecule has 0 aliphatic carbocycles. The smallest absolute Gasteiger partial charge is 0.227 e. The molecule has 1 heterocycles. The van der Waals surface area contributed by atoms with E-state index in [1.807, 2.05) is 42.2 Å². The Labute approximate surface area is 156 Å². The molecule has 0 bridgehead atoms. The lowest BCUT2D eigenvalue weighted by Gasteiger charge is -2.41. The SMILES string of the molecule is CCC(=O)N(c1ccccc1)C1CCN(C(C)Cc2ccccc2)NC1. The quantitative estimate of drug-likeness (QED) is 0.863. The van der Waals surface area contributed by atoms with Crippen LogP contribution >= 0.6 is 0 Å². The van der Waals surface area contributed by atoms with E-state index in [2.05, 4.69) is 47.7 Å². The zero-order valence-corrected chi connectivity index (χ0v) is 15.8. The molecule has 3 rings (SSSR count).